The minimum Gasteiger partial charge on any atom is -0.497 e. The van der Waals surface area contributed by atoms with Crippen LogP contribution >= 0.6 is 15.9 Å². The average Bonchev–Trinajstić information content (AvgIpc) is 2.92. The molecule has 1 aromatic rings. The molecule has 0 saturated heterocycles. The van der Waals surface area contributed by atoms with Gasteiger partial charge in [0.1, 0.15) is 5.75 Å². The van der Waals surface area contributed by atoms with Crippen LogP contribution in [-0.2, 0) is 0 Å². The lowest BCUT2D eigenvalue weighted by molar-refractivity contribution is 0.414. The Bertz CT molecular complexity index is 349. The number of hydrogen-bond acceptors (Lipinski definition) is 1. The fraction of sp³-hybridized carbons (Fsp3) is 0.273. The summed E-state index contributed by atoms with van der Waals surface area (Å²) in [5.41, 5.74) is 2.78. The van der Waals surface area contributed by atoms with E-state index in [-0.39, 0.29) is 0 Å². The van der Waals surface area contributed by atoms with Gasteiger partial charge in [-0.2, -0.15) is 0 Å². The highest BCUT2D eigenvalue weighted by Gasteiger charge is 2.11. The molecule has 0 unspecified atom stereocenters. The van der Waals surface area contributed by atoms with Gasteiger partial charge in [-0.3, -0.25) is 0 Å². The zero-order valence-electron chi connectivity index (χ0n) is 7.51. The third kappa shape index (κ3) is 2.13. The predicted octanol–water partition coefficient (Wildman–Crippen LogP) is 3.63. The molecule has 2 heteroatoms. The molecule has 0 aliphatic heterocycles. The first-order valence-electron chi connectivity index (χ1n) is 4.32. The van der Waals surface area contributed by atoms with Crippen LogP contribution in [0.2, 0.25) is 0 Å². The van der Waals surface area contributed by atoms with Crippen LogP contribution in [0.25, 0.3) is 6.08 Å². The van der Waals surface area contributed by atoms with Crippen LogP contribution in [0, 0.1) is 0 Å². The molecule has 0 bridgehead atoms. The van der Waals surface area contributed by atoms with E-state index in [1.807, 2.05) is 12.1 Å². The van der Waals surface area contributed by atoms with Crippen molar-refractivity contribution in [1.82, 2.24) is 0 Å². The monoisotopic (exact) mass is 238 g/mol. The zero-order valence-corrected chi connectivity index (χ0v) is 9.10. The fourth-order valence-corrected chi connectivity index (χ4v) is 1.66. The van der Waals surface area contributed by atoms with E-state index in [1.165, 1.54) is 24.0 Å². The van der Waals surface area contributed by atoms with Gasteiger partial charge in [-0.25, -0.2) is 0 Å². The van der Waals surface area contributed by atoms with Gasteiger partial charge in [0.15, 0.2) is 0 Å². The highest BCUT2D eigenvalue weighted by molar-refractivity contribution is 9.10. The molecule has 0 spiro atoms. The molecule has 1 aliphatic carbocycles. The highest BCUT2D eigenvalue weighted by Crippen LogP contribution is 2.33. The molecule has 2 rings (SSSR count). The number of methoxy groups -OCH3 is 1. The molecule has 0 radical (unpaired) electrons. The molecule has 0 heterocycles. The van der Waals surface area contributed by atoms with Crippen molar-refractivity contribution in [3.63, 3.8) is 0 Å². The van der Waals surface area contributed by atoms with Crippen LogP contribution in [0.15, 0.2) is 28.2 Å². The van der Waals surface area contributed by atoms with Gasteiger partial charge in [0, 0.05) is 4.47 Å². The molecule has 13 heavy (non-hydrogen) atoms. The molecule has 1 aliphatic rings. The Balaban J connectivity index is 2.31. The van der Waals surface area contributed by atoms with Crippen molar-refractivity contribution >= 4 is 22.0 Å². The Morgan fingerprint density at radius 2 is 2.15 bits per heavy atom. The Hall–Kier alpha value is -0.760. The summed E-state index contributed by atoms with van der Waals surface area (Å²) >= 11 is 3.52. The van der Waals surface area contributed by atoms with Crippen molar-refractivity contribution in [3.8, 4) is 5.75 Å². The molecule has 0 atom stereocenters. The summed E-state index contributed by atoms with van der Waals surface area (Å²) in [5.74, 6) is 0.893. The largest absolute Gasteiger partial charge is 0.497 e. The van der Waals surface area contributed by atoms with Crippen molar-refractivity contribution in [2.75, 3.05) is 7.11 Å². The predicted molar refractivity (Wildman–Crippen MR) is 57.9 cm³/mol. The maximum absolute atomic E-state index is 5.12. The lowest BCUT2D eigenvalue weighted by atomic mass is 10.2. The van der Waals surface area contributed by atoms with E-state index in [0.29, 0.717) is 0 Å². The average molecular weight is 239 g/mol. The topological polar surface area (TPSA) is 9.23 Å². The van der Waals surface area contributed by atoms with Gasteiger partial charge in [-0.05, 0) is 30.5 Å². The molecule has 1 aromatic carbocycles. The Labute approximate surface area is 86.5 Å². The number of benzene rings is 1. The Morgan fingerprint density at radius 3 is 2.69 bits per heavy atom. The maximum atomic E-state index is 5.12. The summed E-state index contributed by atoms with van der Waals surface area (Å²) in [7, 11) is 1.68. The van der Waals surface area contributed by atoms with E-state index in [1.54, 1.807) is 7.11 Å². The molecule has 0 amide bonds. The minimum atomic E-state index is 0.893. The molecule has 68 valence electrons. The van der Waals surface area contributed by atoms with Crippen molar-refractivity contribution in [2.24, 2.45) is 0 Å². The lowest BCUT2D eigenvalue weighted by Gasteiger charge is -2.02. The van der Waals surface area contributed by atoms with Crippen LogP contribution in [0.1, 0.15) is 18.4 Å². The first-order valence-corrected chi connectivity index (χ1v) is 5.12. The van der Waals surface area contributed by atoms with Gasteiger partial charge in [-0.1, -0.05) is 33.6 Å². The maximum Gasteiger partial charge on any atom is 0.120 e. The van der Waals surface area contributed by atoms with Crippen LogP contribution in [0.4, 0.5) is 0 Å². The van der Waals surface area contributed by atoms with Gasteiger partial charge in [0.05, 0.1) is 7.11 Å². The Morgan fingerprint density at radius 1 is 1.38 bits per heavy atom. The SMILES string of the molecule is COc1ccc(C=C2CC2)c(Br)c1. The number of ether oxygens (including phenoxy) is 1. The first-order chi connectivity index (χ1) is 6.29. The van der Waals surface area contributed by atoms with Crippen LogP contribution < -0.4 is 4.74 Å². The summed E-state index contributed by atoms with van der Waals surface area (Å²) in [6.45, 7) is 0. The van der Waals surface area contributed by atoms with E-state index in [2.05, 4.69) is 28.1 Å². The molecular formula is C11H11BrO. The van der Waals surface area contributed by atoms with Gasteiger partial charge < -0.3 is 4.74 Å². The Kier molecular flexibility index (Phi) is 2.40. The molecule has 1 saturated carbocycles. The third-order valence-corrected chi connectivity index (χ3v) is 2.79. The van der Waals surface area contributed by atoms with Crippen LogP contribution in [0.3, 0.4) is 0 Å². The number of hydrogen-bond donors (Lipinski definition) is 0. The standard InChI is InChI=1S/C11H11BrO/c1-13-10-5-4-9(11(12)7-10)6-8-2-3-8/h4-7H,2-3H2,1H3. The highest BCUT2D eigenvalue weighted by atomic mass is 79.9. The smallest absolute Gasteiger partial charge is 0.120 e. The minimum absolute atomic E-state index is 0.893. The number of halogens is 1. The summed E-state index contributed by atoms with van der Waals surface area (Å²) in [6, 6.07) is 6.06. The van der Waals surface area contributed by atoms with Gasteiger partial charge in [-0.15, -0.1) is 0 Å². The third-order valence-electron chi connectivity index (χ3n) is 2.11. The van der Waals surface area contributed by atoms with E-state index in [0.717, 1.165) is 10.2 Å². The van der Waals surface area contributed by atoms with Crippen LogP contribution in [0.5, 0.6) is 5.75 Å². The second kappa shape index (κ2) is 3.54. The quantitative estimate of drug-likeness (QED) is 0.765. The summed E-state index contributed by atoms with van der Waals surface area (Å²) < 4.78 is 6.22. The summed E-state index contributed by atoms with van der Waals surface area (Å²) in [6.07, 6.45) is 4.76. The van der Waals surface area contributed by atoms with Gasteiger partial charge >= 0.3 is 0 Å². The van der Waals surface area contributed by atoms with Crippen LogP contribution in [-0.4, -0.2) is 7.11 Å². The van der Waals surface area contributed by atoms with Crippen molar-refractivity contribution in [2.45, 2.75) is 12.8 Å². The molecule has 0 N–H and O–H groups in total. The fourth-order valence-electron chi connectivity index (χ4n) is 1.19. The zero-order chi connectivity index (χ0) is 9.26. The van der Waals surface area contributed by atoms with Crippen molar-refractivity contribution < 1.29 is 4.74 Å². The second-order valence-electron chi connectivity index (χ2n) is 3.19. The first kappa shape index (κ1) is 8.82. The molecular weight excluding hydrogens is 228 g/mol. The van der Waals surface area contributed by atoms with E-state index in [4.69, 9.17) is 4.74 Å². The summed E-state index contributed by atoms with van der Waals surface area (Å²) in [5, 5.41) is 0. The van der Waals surface area contributed by atoms with Gasteiger partial charge in [0.25, 0.3) is 0 Å². The van der Waals surface area contributed by atoms with Crippen molar-refractivity contribution in [1.29, 1.82) is 0 Å². The second-order valence-corrected chi connectivity index (χ2v) is 4.04. The molecule has 1 fully saturated rings. The normalized spacial score (nSPS) is 14.2. The molecule has 0 aromatic heterocycles. The van der Waals surface area contributed by atoms with Gasteiger partial charge in [0.2, 0.25) is 0 Å². The van der Waals surface area contributed by atoms with E-state index in [9.17, 15) is 0 Å². The number of allylic oxidation sites excluding steroid dienone is 1. The van der Waals surface area contributed by atoms with E-state index < -0.39 is 0 Å². The summed E-state index contributed by atoms with van der Waals surface area (Å²) in [4.78, 5) is 0. The lowest BCUT2D eigenvalue weighted by Crippen LogP contribution is -1.83. The van der Waals surface area contributed by atoms with E-state index >= 15 is 0 Å². The number of rotatable bonds is 2. The molecule has 1 nitrogen and oxygen atoms in total. The van der Waals surface area contributed by atoms with Crippen molar-refractivity contribution in [3.05, 3.63) is 33.8 Å².